The molecule has 0 spiro atoms. The van der Waals surface area contributed by atoms with Gasteiger partial charge in [0.25, 0.3) is 5.56 Å². The minimum atomic E-state index is -0.0265. The molecule has 0 aliphatic heterocycles. The summed E-state index contributed by atoms with van der Waals surface area (Å²) >= 11 is 0. The molecule has 4 rings (SSSR count). The normalized spacial score (nSPS) is 11.6. The van der Waals surface area contributed by atoms with Crippen LogP contribution in [0.2, 0.25) is 0 Å². The smallest absolute Gasteiger partial charge is 0.252 e. The highest BCUT2D eigenvalue weighted by atomic mass is 16.1. The highest BCUT2D eigenvalue weighted by Crippen LogP contribution is 2.15. The summed E-state index contributed by atoms with van der Waals surface area (Å²) < 4.78 is 2.07. The highest BCUT2D eigenvalue weighted by molar-refractivity contribution is 5.79. The first-order chi connectivity index (χ1) is 12.1. The molecule has 3 aromatic heterocycles. The molecule has 0 bridgehead atoms. The Bertz CT molecular complexity index is 1110. The number of hydrogen-bond acceptors (Lipinski definition) is 3. The van der Waals surface area contributed by atoms with Gasteiger partial charge in [0.15, 0.2) is 0 Å². The van der Waals surface area contributed by atoms with Gasteiger partial charge in [0.2, 0.25) is 0 Å². The second kappa shape index (κ2) is 6.18. The van der Waals surface area contributed by atoms with E-state index in [1.165, 1.54) is 5.56 Å². The summed E-state index contributed by atoms with van der Waals surface area (Å²) in [5, 5.41) is 1.07. The number of fused-ring (bicyclic) bond motifs is 2. The molecule has 0 saturated heterocycles. The topological polar surface area (TPSA) is 53.4 Å². The predicted molar refractivity (Wildman–Crippen MR) is 99.7 cm³/mol. The van der Waals surface area contributed by atoms with E-state index in [1.807, 2.05) is 55.8 Å². The maximum atomic E-state index is 12.4. The number of H-pyrrole nitrogens is 1. The summed E-state index contributed by atoms with van der Waals surface area (Å²) in [4.78, 5) is 21.9. The Kier molecular flexibility index (Phi) is 3.86. The molecular formula is C20H20N4O. The molecule has 0 unspecified atom stereocenters. The minimum Gasteiger partial charge on any atom is -0.322 e. The predicted octanol–water partition coefficient (Wildman–Crippen LogP) is 3.12. The second-order valence-corrected chi connectivity index (χ2v) is 6.57. The maximum Gasteiger partial charge on any atom is 0.252 e. The van der Waals surface area contributed by atoms with Crippen molar-refractivity contribution in [1.29, 1.82) is 0 Å². The lowest BCUT2D eigenvalue weighted by molar-refractivity contribution is 0.313. The second-order valence-electron chi connectivity index (χ2n) is 6.57. The zero-order valence-electron chi connectivity index (χ0n) is 14.4. The Morgan fingerprint density at radius 1 is 1.16 bits per heavy atom. The lowest BCUT2D eigenvalue weighted by atomic mass is 10.1. The van der Waals surface area contributed by atoms with Crippen LogP contribution in [0, 0.1) is 6.92 Å². The molecule has 1 aromatic carbocycles. The van der Waals surface area contributed by atoms with Crippen LogP contribution in [-0.4, -0.2) is 26.3 Å². The molecule has 1 N–H and O–H groups in total. The summed E-state index contributed by atoms with van der Waals surface area (Å²) in [7, 11) is 2.02. The van der Waals surface area contributed by atoms with Crippen LogP contribution >= 0.6 is 0 Å². The van der Waals surface area contributed by atoms with E-state index >= 15 is 0 Å². The summed E-state index contributed by atoms with van der Waals surface area (Å²) in [6.45, 7) is 3.36. The molecule has 0 atom stereocenters. The standard InChI is InChI=1S/C20H20N4O/c1-14-6-7-18-15(9-14)10-16(20(25)22-18)12-23(2)13-17-11-21-19-5-3-4-8-24(17)19/h3-11H,12-13H2,1-2H3,(H,22,25). The quantitative estimate of drug-likeness (QED) is 0.625. The van der Waals surface area contributed by atoms with Crippen molar-refractivity contribution in [2.24, 2.45) is 0 Å². The number of aromatic amines is 1. The molecule has 126 valence electrons. The number of hydrogen-bond donors (Lipinski definition) is 1. The van der Waals surface area contributed by atoms with Crippen molar-refractivity contribution < 1.29 is 0 Å². The van der Waals surface area contributed by atoms with Crippen LogP contribution in [-0.2, 0) is 13.1 Å². The third kappa shape index (κ3) is 3.06. The van der Waals surface area contributed by atoms with Gasteiger partial charge in [0, 0.05) is 30.4 Å². The van der Waals surface area contributed by atoms with Crippen LogP contribution in [0.5, 0.6) is 0 Å². The van der Waals surface area contributed by atoms with Crippen molar-refractivity contribution >= 4 is 16.6 Å². The van der Waals surface area contributed by atoms with E-state index in [1.54, 1.807) is 0 Å². The van der Waals surface area contributed by atoms with Gasteiger partial charge in [-0.05, 0) is 49.7 Å². The number of pyridine rings is 2. The fourth-order valence-electron chi connectivity index (χ4n) is 3.21. The van der Waals surface area contributed by atoms with Gasteiger partial charge in [-0.2, -0.15) is 0 Å². The van der Waals surface area contributed by atoms with Crippen molar-refractivity contribution in [3.05, 3.63) is 82.0 Å². The average Bonchev–Trinajstić information content (AvgIpc) is 2.99. The van der Waals surface area contributed by atoms with Crippen molar-refractivity contribution in [1.82, 2.24) is 19.3 Å². The first-order valence-corrected chi connectivity index (χ1v) is 8.32. The van der Waals surface area contributed by atoms with E-state index < -0.39 is 0 Å². The lowest BCUT2D eigenvalue weighted by Crippen LogP contribution is -2.23. The fourth-order valence-corrected chi connectivity index (χ4v) is 3.21. The third-order valence-electron chi connectivity index (χ3n) is 4.44. The molecule has 0 radical (unpaired) electrons. The SMILES string of the molecule is Cc1ccc2[nH]c(=O)c(CN(C)Cc3cnc4ccccn34)cc2c1. The van der Waals surface area contributed by atoms with Crippen molar-refractivity contribution in [3.63, 3.8) is 0 Å². The third-order valence-corrected chi connectivity index (χ3v) is 4.44. The van der Waals surface area contributed by atoms with Crippen LogP contribution in [0.15, 0.2) is 59.7 Å². The van der Waals surface area contributed by atoms with Crippen LogP contribution in [0.25, 0.3) is 16.6 Å². The number of nitrogens with one attached hydrogen (secondary N) is 1. The van der Waals surface area contributed by atoms with Crippen molar-refractivity contribution in [2.45, 2.75) is 20.0 Å². The Morgan fingerprint density at radius 2 is 2.04 bits per heavy atom. The number of benzene rings is 1. The zero-order valence-corrected chi connectivity index (χ0v) is 14.4. The number of nitrogens with zero attached hydrogens (tertiary/aromatic N) is 3. The minimum absolute atomic E-state index is 0.0265. The van der Waals surface area contributed by atoms with Crippen molar-refractivity contribution in [3.8, 4) is 0 Å². The fraction of sp³-hybridized carbons (Fsp3) is 0.200. The zero-order chi connectivity index (χ0) is 17.4. The Hall–Kier alpha value is -2.92. The first-order valence-electron chi connectivity index (χ1n) is 8.32. The average molecular weight is 332 g/mol. The lowest BCUT2D eigenvalue weighted by Gasteiger charge is -2.16. The monoisotopic (exact) mass is 332 g/mol. The molecule has 0 aliphatic carbocycles. The van der Waals surface area contributed by atoms with Gasteiger partial charge in [-0.15, -0.1) is 0 Å². The van der Waals surface area contributed by atoms with Crippen LogP contribution in [0.1, 0.15) is 16.8 Å². The summed E-state index contributed by atoms with van der Waals surface area (Å²) in [6, 6.07) is 14.0. The number of aryl methyl sites for hydroxylation is 1. The van der Waals surface area contributed by atoms with Gasteiger partial charge in [0.05, 0.1) is 11.9 Å². The van der Waals surface area contributed by atoms with E-state index in [-0.39, 0.29) is 5.56 Å². The summed E-state index contributed by atoms with van der Waals surface area (Å²) in [6.07, 6.45) is 3.90. The van der Waals surface area contributed by atoms with Gasteiger partial charge in [0.1, 0.15) is 5.65 Å². The van der Waals surface area contributed by atoms with Gasteiger partial charge >= 0.3 is 0 Å². The van der Waals surface area contributed by atoms with Gasteiger partial charge in [-0.1, -0.05) is 17.7 Å². The van der Waals surface area contributed by atoms with E-state index in [0.29, 0.717) is 6.54 Å². The van der Waals surface area contributed by atoms with Crippen molar-refractivity contribution in [2.75, 3.05) is 7.05 Å². The summed E-state index contributed by atoms with van der Waals surface area (Å²) in [5.74, 6) is 0. The molecule has 0 amide bonds. The van der Waals surface area contributed by atoms with E-state index in [9.17, 15) is 4.79 Å². The molecule has 5 nitrogen and oxygen atoms in total. The number of aromatic nitrogens is 3. The number of rotatable bonds is 4. The summed E-state index contributed by atoms with van der Waals surface area (Å²) in [5.41, 5.74) is 4.85. The molecule has 3 heterocycles. The molecular weight excluding hydrogens is 312 g/mol. The van der Waals surface area contributed by atoms with Gasteiger partial charge in [-0.25, -0.2) is 4.98 Å². The number of imidazole rings is 1. The Balaban J connectivity index is 1.60. The highest BCUT2D eigenvalue weighted by Gasteiger charge is 2.10. The van der Waals surface area contributed by atoms with Crippen LogP contribution in [0.3, 0.4) is 0 Å². The molecule has 0 aliphatic rings. The van der Waals surface area contributed by atoms with E-state index in [2.05, 4.69) is 32.3 Å². The van der Waals surface area contributed by atoms with Crippen LogP contribution in [0.4, 0.5) is 0 Å². The molecule has 25 heavy (non-hydrogen) atoms. The van der Waals surface area contributed by atoms with E-state index in [0.717, 1.165) is 34.4 Å². The van der Waals surface area contributed by atoms with E-state index in [4.69, 9.17) is 0 Å². The molecule has 0 saturated carbocycles. The van der Waals surface area contributed by atoms with Crippen LogP contribution < -0.4 is 5.56 Å². The Morgan fingerprint density at radius 3 is 2.92 bits per heavy atom. The van der Waals surface area contributed by atoms with Gasteiger partial charge in [-0.3, -0.25) is 9.69 Å². The largest absolute Gasteiger partial charge is 0.322 e. The van der Waals surface area contributed by atoms with Gasteiger partial charge < -0.3 is 9.38 Å². The molecule has 4 aromatic rings. The molecule has 5 heteroatoms. The first kappa shape index (κ1) is 15.6. The maximum absolute atomic E-state index is 12.4. The Labute approximate surface area is 145 Å². The molecule has 0 fully saturated rings.